The molecule has 1 saturated heterocycles. The van der Waals surface area contributed by atoms with Gasteiger partial charge in [-0.3, -0.25) is 9.59 Å². The first-order valence-electron chi connectivity index (χ1n) is 5.83. The average Bonchev–Trinajstić information content (AvgIpc) is 2.24. The van der Waals surface area contributed by atoms with E-state index in [0.29, 0.717) is 6.54 Å². The predicted octanol–water partition coefficient (Wildman–Crippen LogP) is -0.253. The zero-order valence-corrected chi connectivity index (χ0v) is 11.0. The molecule has 2 amide bonds. The standard InChI is InChI=1S/C12H21N3O2/c1-8(11(16)13-3)7-15(4)12(17)9(2)10-5-14-6-10/h8,14H,5-7H2,1-4H3,(H,13,16). The minimum atomic E-state index is -0.189. The van der Waals surface area contributed by atoms with Gasteiger partial charge in [-0.25, -0.2) is 0 Å². The van der Waals surface area contributed by atoms with E-state index in [2.05, 4.69) is 10.6 Å². The van der Waals surface area contributed by atoms with Crippen molar-refractivity contribution < 1.29 is 9.59 Å². The quantitative estimate of drug-likeness (QED) is 0.665. The fraction of sp³-hybridized carbons (Fsp3) is 0.667. The second-order valence-corrected chi connectivity index (χ2v) is 4.53. The van der Waals surface area contributed by atoms with Crippen LogP contribution in [-0.2, 0) is 9.59 Å². The van der Waals surface area contributed by atoms with Gasteiger partial charge in [0.15, 0.2) is 0 Å². The second kappa shape index (κ2) is 5.82. The van der Waals surface area contributed by atoms with E-state index >= 15 is 0 Å². The van der Waals surface area contributed by atoms with E-state index in [0.717, 1.165) is 24.2 Å². The van der Waals surface area contributed by atoms with E-state index in [1.165, 1.54) is 0 Å². The van der Waals surface area contributed by atoms with Crippen LogP contribution >= 0.6 is 0 Å². The van der Waals surface area contributed by atoms with Crippen molar-refractivity contribution in [2.45, 2.75) is 13.8 Å². The van der Waals surface area contributed by atoms with Crippen molar-refractivity contribution in [2.24, 2.45) is 5.92 Å². The van der Waals surface area contributed by atoms with Gasteiger partial charge in [0.1, 0.15) is 0 Å². The molecule has 2 N–H and O–H groups in total. The molecule has 0 aromatic rings. The average molecular weight is 239 g/mol. The lowest BCUT2D eigenvalue weighted by Gasteiger charge is -2.26. The smallest absolute Gasteiger partial charge is 0.249 e. The van der Waals surface area contributed by atoms with Crippen LogP contribution in [0, 0.1) is 5.92 Å². The Balaban J connectivity index is 2.55. The number of hydrogen-bond donors (Lipinski definition) is 2. The third-order valence-electron chi connectivity index (χ3n) is 3.12. The Hall–Kier alpha value is -1.36. The van der Waals surface area contributed by atoms with Crippen LogP contribution in [0.15, 0.2) is 11.1 Å². The highest BCUT2D eigenvalue weighted by Gasteiger charge is 2.21. The molecule has 1 aliphatic rings. The number of amides is 2. The normalized spacial score (nSPS) is 15.9. The lowest BCUT2D eigenvalue weighted by molar-refractivity contribution is -0.129. The first-order valence-corrected chi connectivity index (χ1v) is 5.83. The molecule has 0 spiro atoms. The monoisotopic (exact) mass is 239 g/mol. The highest BCUT2D eigenvalue weighted by Crippen LogP contribution is 2.12. The van der Waals surface area contributed by atoms with Crippen LogP contribution in [0.3, 0.4) is 0 Å². The van der Waals surface area contributed by atoms with Gasteiger partial charge in [-0.2, -0.15) is 0 Å². The molecule has 1 atom stereocenters. The zero-order valence-electron chi connectivity index (χ0n) is 11.0. The van der Waals surface area contributed by atoms with E-state index in [1.54, 1.807) is 19.0 Å². The zero-order chi connectivity index (χ0) is 13.0. The van der Waals surface area contributed by atoms with Crippen LogP contribution in [0.5, 0.6) is 0 Å². The SMILES string of the molecule is CNC(=O)C(C)CN(C)C(=O)C(C)=C1CNC1. The summed E-state index contributed by atoms with van der Waals surface area (Å²) >= 11 is 0. The summed E-state index contributed by atoms with van der Waals surface area (Å²) in [4.78, 5) is 25.0. The summed E-state index contributed by atoms with van der Waals surface area (Å²) in [6, 6.07) is 0. The first-order chi connectivity index (χ1) is 7.97. The molecule has 96 valence electrons. The van der Waals surface area contributed by atoms with Crippen molar-refractivity contribution in [1.29, 1.82) is 0 Å². The topological polar surface area (TPSA) is 61.4 Å². The number of nitrogens with zero attached hydrogens (tertiary/aromatic N) is 1. The van der Waals surface area contributed by atoms with Gasteiger partial charge >= 0.3 is 0 Å². The molecule has 5 heteroatoms. The maximum absolute atomic E-state index is 12.0. The number of carbonyl (C=O) groups excluding carboxylic acids is 2. The first kappa shape index (κ1) is 13.7. The minimum absolute atomic E-state index is 0.0113. The molecule has 5 nitrogen and oxygen atoms in total. The van der Waals surface area contributed by atoms with E-state index in [9.17, 15) is 9.59 Å². The van der Waals surface area contributed by atoms with Gasteiger partial charge in [-0.05, 0) is 12.5 Å². The van der Waals surface area contributed by atoms with Crippen molar-refractivity contribution in [3.63, 3.8) is 0 Å². The Morgan fingerprint density at radius 1 is 1.47 bits per heavy atom. The Morgan fingerprint density at radius 2 is 2.06 bits per heavy atom. The Labute approximate surface area is 102 Å². The molecular weight excluding hydrogens is 218 g/mol. The molecule has 1 fully saturated rings. The number of hydrogen-bond acceptors (Lipinski definition) is 3. The predicted molar refractivity (Wildman–Crippen MR) is 66.4 cm³/mol. The number of carbonyl (C=O) groups is 2. The van der Waals surface area contributed by atoms with Crippen LogP contribution in [0.4, 0.5) is 0 Å². The van der Waals surface area contributed by atoms with Gasteiger partial charge in [-0.15, -0.1) is 0 Å². The maximum atomic E-state index is 12.0. The fourth-order valence-corrected chi connectivity index (χ4v) is 1.78. The highest BCUT2D eigenvalue weighted by molar-refractivity contribution is 5.94. The Kier molecular flexibility index (Phi) is 4.69. The second-order valence-electron chi connectivity index (χ2n) is 4.53. The molecule has 0 radical (unpaired) electrons. The van der Waals surface area contributed by atoms with Gasteiger partial charge in [0.25, 0.3) is 0 Å². The summed E-state index contributed by atoms with van der Waals surface area (Å²) in [6.45, 7) is 5.71. The molecular formula is C12H21N3O2. The molecule has 1 heterocycles. The molecule has 0 aromatic carbocycles. The van der Waals surface area contributed by atoms with Gasteiger partial charge < -0.3 is 15.5 Å². The Morgan fingerprint density at radius 3 is 2.47 bits per heavy atom. The number of nitrogens with one attached hydrogen (secondary N) is 2. The van der Waals surface area contributed by atoms with E-state index in [4.69, 9.17) is 0 Å². The highest BCUT2D eigenvalue weighted by atomic mass is 16.2. The van der Waals surface area contributed by atoms with Gasteiger partial charge in [0, 0.05) is 39.3 Å². The van der Waals surface area contributed by atoms with Crippen LogP contribution in [0.25, 0.3) is 0 Å². The molecule has 0 bridgehead atoms. The van der Waals surface area contributed by atoms with Crippen molar-refractivity contribution >= 4 is 11.8 Å². The van der Waals surface area contributed by atoms with E-state index in [1.807, 2.05) is 13.8 Å². The van der Waals surface area contributed by atoms with Crippen molar-refractivity contribution in [3.05, 3.63) is 11.1 Å². The third kappa shape index (κ3) is 3.30. The lowest BCUT2D eigenvalue weighted by Crippen LogP contribution is -2.40. The summed E-state index contributed by atoms with van der Waals surface area (Å²) in [6.07, 6.45) is 0. The van der Waals surface area contributed by atoms with Gasteiger partial charge in [0.05, 0.1) is 5.92 Å². The maximum Gasteiger partial charge on any atom is 0.249 e. The summed E-state index contributed by atoms with van der Waals surface area (Å²) in [5.74, 6) is -0.219. The summed E-state index contributed by atoms with van der Waals surface area (Å²) < 4.78 is 0. The molecule has 1 rings (SSSR count). The van der Waals surface area contributed by atoms with Crippen molar-refractivity contribution in [3.8, 4) is 0 Å². The Bertz CT molecular complexity index is 344. The summed E-state index contributed by atoms with van der Waals surface area (Å²) in [5.41, 5.74) is 1.96. The van der Waals surface area contributed by atoms with E-state index in [-0.39, 0.29) is 17.7 Å². The van der Waals surface area contributed by atoms with Gasteiger partial charge in [0.2, 0.25) is 11.8 Å². The molecule has 0 saturated carbocycles. The van der Waals surface area contributed by atoms with Crippen molar-refractivity contribution in [2.75, 3.05) is 33.7 Å². The number of likely N-dealkylation sites (N-methyl/N-ethyl adjacent to an activating group) is 1. The third-order valence-corrected chi connectivity index (χ3v) is 3.12. The van der Waals surface area contributed by atoms with Crippen LogP contribution < -0.4 is 10.6 Å². The van der Waals surface area contributed by atoms with Crippen molar-refractivity contribution in [1.82, 2.24) is 15.5 Å². The summed E-state index contributed by atoms with van der Waals surface area (Å²) in [5, 5.41) is 5.70. The summed E-state index contributed by atoms with van der Waals surface area (Å²) in [7, 11) is 3.34. The van der Waals surface area contributed by atoms with Crippen LogP contribution in [0.2, 0.25) is 0 Å². The number of rotatable bonds is 4. The minimum Gasteiger partial charge on any atom is -0.359 e. The lowest BCUT2D eigenvalue weighted by atomic mass is 10.0. The molecule has 0 aliphatic carbocycles. The fourth-order valence-electron chi connectivity index (χ4n) is 1.78. The largest absolute Gasteiger partial charge is 0.359 e. The van der Waals surface area contributed by atoms with Crippen LogP contribution in [-0.4, -0.2) is 50.4 Å². The molecule has 1 aliphatic heterocycles. The molecule has 0 aromatic heterocycles. The molecule has 17 heavy (non-hydrogen) atoms. The van der Waals surface area contributed by atoms with Crippen LogP contribution in [0.1, 0.15) is 13.8 Å². The van der Waals surface area contributed by atoms with Gasteiger partial charge in [-0.1, -0.05) is 6.92 Å². The molecule has 1 unspecified atom stereocenters. The van der Waals surface area contributed by atoms with E-state index < -0.39 is 0 Å².